The van der Waals surface area contributed by atoms with Crippen LogP contribution in [0.15, 0.2) is 96.2 Å². The topological polar surface area (TPSA) is 384 Å². The maximum atomic E-state index is 14.9. The van der Waals surface area contributed by atoms with Crippen molar-refractivity contribution in [2.24, 2.45) is 10.8 Å². The molecular formula is C52H69N13O11S2. The molecule has 3 aromatic carbocycles. The molecule has 0 radical (unpaired) electrons. The molecule has 4 aromatic rings. The summed E-state index contributed by atoms with van der Waals surface area (Å²) < 4.78 is 0. The normalized spacial score (nSPS) is 21.6. The Morgan fingerprint density at radius 2 is 1.37 bits per heavy atom. The number of aliphatic hydroxyl groups excluding tert-OH is 3. The number of hydrogen-bond donors (Lipinski definition) is 13. The number of rotatable bonds is 21. The number of H-pyrrole nitrogens is 1. The van der Waals surface area contributed by atoms with Crippen LogP contribution in [0.25, 0.3) is 21.3 Å². The van der Waals surface area contributed by atoms with E-state index in [1.807, 2.05) is 18.2 Å². The van der Waals surface area contributed by atoms with E-state index < -0.39 is 114 Å². The minimum absolute atomic E-state index is 0.00287. The second kappa shape index (κ2) is 31.9. The van der Waals surface area contributed by atoms with Crippen LogP contribution >= 0.6 is 21.6 Å². The van der Waals surface area contributed by atoms with Crippen molar-refractivity contribution in [3.8, 4) is 0 Å². The van der Waals surface area contributed by atoms with E-state index >= 15 is 0 Å². The monoisotopic (exact) mass is 1120 g/mol. The van der Waals surface area contributed by atoms with Gasteiger partial charge in [0.2, 0.25) is 47.3 Å². The number of hydrogen-bond acceptors (Lipinski definition) is 15. The van der Waals surface area contributed by atoms with Gasteiger partial charge in [0, 0.05) is 65.7 Å². The van der Waals surface area contributed by atoms with Crippen molar-refractivity contribution < 1.29 is 53.7 Å². The average Bonchev–Trinajstić information content (AvgIpc) is 3.83. The van der Waals surface area contributed by atoms with Crippen molar-refractivity contribution in [1.82, 2.24) is 47.5 Å². The third-order valence-electron chi connectivity index (χ3n) is 12.7. The highest BCUT2D eigenvalue weighted by Gasteiger charge is 2.37. The summed E-state index contributed by atoms with van der Waals surface area (Å²) in [5.74, 6) is -7.24. The van der Waals surface area contributed by atoms with E-state index in [2.05, 4.69) is 57.5 Å². The Kier molecular flexibility index (Phi) is 25.2. The van der Waals surface area contributed by atoms with Gasteiger partial charge in [0.05, 0.1) is 24.9 Å². The summed E-state index contributed by atoms with van der Waals surface area (Å²) in [4.78, 5) is 120. The van der Waals surface area contributed by atoms with Crippen molar-refractivity contribution in [3.63, 3.8) is 0 Å². The van der Waals surface area contributed by atoms with E-state index in [4.69, 9.17) is 11.3 Å². The molecule has 10 atom stereocenters. The van der Waals surface area contributed by atoms with Crippen LogP contribution in [0.5, 0.6) is 0 Å². The van der Waals surface area contributed by atoms with E-state index in [9.17, 15) is 53.7 Å². The number of fused-ring (bicyclic) bond motifs is 1. The fourth-order valence-corrected chi connectivity index (χ4v) is 10.6. The summed E-state index contributed by atoms with van der Waals surface area (Å²) in [5, 5.41) is 56.7. The number of carbonyl (C=O) groups excluding carboxylic acids is 8. The fraction of sp³-hybridized carbons (Fsp3) is 0.462. The minimum Gasteiger partial charge on any atom is -0.394 e. The Bertz CT molecular complexity index is 2700. The number of nitrogens with one attached hydrogen (secondary N) is 9. The van der Waals surface area contributed by atoms with Gasteiger partial charge in [-0.25, -0.2) is 0 Å². The molecular weight excluding hydrogens is 1050 g/mol. The van der Waals surface area contributed by atoms with Crippen LogP contribution in [0.4, 0.5) is 0 Å². The van der Waals surface area contributed by atoms with E-state index in [1.165, 1.54) is 13.8 Å². The standard InChI is InChI=1S/C52H69N13O11S2/c1-30(67)41(27-66)61-51(75)43-29-78-77-28-42(62-47(71)38(23-32-13-5-3-6-14-32)57-44(69)20-22-56-65-54)50(74)59-39(24-33-15-7-4-8-16-33)48(72)60-40(25-34-26-55-36-18-10-9-17-35(34)36)49(73)58-37(19-11-12-21-53)46(70)64-45(31(2)68)52(76)63-43/h3-10,13-18,26,30-31,37-43,45,55,66-68H,11-12,19-25,27-29,53H2,1-2H3,(H,57,69)(H,58,73)(H,59,74)(H,60,72)(H,61,75)(H,62,71)(H,63,76)(H,64,70)/t30-,31-,37+,38-,39+,40-,41-,42+,43?,45+/m1/s1. The van der Waals surface area contributed by atoms with E-state index in [1.54, 1.807) is 72.9 Å². The molecule has 24 nitrogen and oxygen atoms in total. The van der Waals surface area contributed by atoms with Crippen LogP contribution < -0.4 is 48.3 Å². The van der Waals surface area contributed by atoms with Gasteiger partial charge < -0.3 is 68.6 Å². The molecule has 1 aliphatic heterocycles. The van der Waals surface area contributed by atoms with Crippen LogP contribution in [-0.2, 0) is 57.6 Å². The van der Waals surface area contributed by atoms with Crippen molar-refractivity contribution in [2.45, 2.75) is 119 Å². The summed E-state index contributed by atoms with van der Waals surface area (Å²) in [7, 11) is 1.94. The highest BCUT2D eigenvalue weighted by atomic mass is 33.1. The quantitative estimate of drug-likeness (QED) is 0.0173. The molecule has 0 spiro atoms. The van der Waals surface area contributed by atoms with Crippen LogP contribution in [0.1, 0.15) is 56.2 Å². The van der Waals surface area contributed by atoms with Crippen LogP contribution in [0.3, 0.4) is 0 Å². The molecule has 1 fully saturated rings. The number of carbonyl (C=O) groups is 8. The summed E-state index contributed by atoms with van der Waals surface area (Å²) in [6.45, 7) is 1.93. The Morgan fingerprint density at radius 1 is 0.756 bits per heavy atom. The number of nitrogens with two attached hydrogens (primary N) is 1. The second-order valence-electron chi connectivity index (χ2n) is 18.7. The number of benzene rings is 3. The van der Waals surface area contributed by atoms with Gasteiger partial charge in [0.25, 0.3) is 0 Å². The minimum atomic E-state index is -1.71. The number of aromatic amines is 1. The van der Waals surface area contributed by atoms with Gasteiger partial charge in [-0.1, -0.05) is 106 Å². The zero-order chi connectivity index (χ0) is 56.6. The van der Waals surface area contributed by atoms with Crippen LogP contribution in [-0.4, -0.2) is 159 Å². The first-order valence-corrected chi connectivity index (χ1v) is 28.0. The van der Waals surface area contributed by atoms with Crippen molar-refractivity contribution in [2.75, 3.05) is 31.2 Å². The highest BCUT2D eigenvalue weighted by Crippen LogP contribution is 2.24. The highest BCUT2D eigenvalue weighted by molar-refractivity contribution is 8.76. The predicted octanol–water partition coefficient (Wildman–Crippen LogP) is 0.0525. The zero-order valence-electron chi connectivity index (χ0n) is 43.3. The lowest BCUT2D eigenvalue weighted by atomic mass is 10.0. The molecule has 78 heavy (non-hydrogen) atoms. The van der Waals surface area contributed by atoms with Gasteiger partial charge in [-0.3, -0.25) is 38.4 Å². The van der Waals surface area contributed by atoms with Gasteiger partial charge >= 0.3 is 0 Å². The van der Waals surface area contributed by atoms with Gasteiger partial charge in [-0.05, 0) is 67.9 Å². The molecule has 0 aliphatic carbocycles. The summed E-state index contributed by atoms with van der Waals surface area (Å²) in [5.41, 5.74) is 17.2. The molecule has 1 unspecified atom stereocenters. The molecule has 1 aromatic heterocycles. The Labute approximate surface area is 458 Å². The lowest BCUT2D eigenvalue weighted by Crippen LogP contribution is -2.62. The second-order valence-corrected chi connectivity index (χ2v) is 21.2. The number of aromatic nitrogens is 1. The molecule has 8 amide bonds. The molecule has 0 bridgehead atoms. The van der Waals surface area contributed by atoms with Crippen LogP contribution in [0, 0.1) is 0 Å². The SMILES string of the molecule is C[C@@H](O)[C@@H]1NC(=O)[C@H](CCCCN)NC(=O)[C@@H](Cc2c[nH]c3ccccc23)NC(=O)[C@H](Cc2ccccc2)NC(=O)[C@@H](NC(=O)[C@@H](Cc2ccccc2)NC(=O)CCN=[N+]=[N-])CSSCC(C(=O)N[C@H](CO)[C@@H](C)O)NC1=O. The van der Waals surface area contributed by atoms with E-state index in [0.717, 1.165) is 32.5 Å². The Morgan fingerprint density at radius 3 is 2.03 bits per heavy atom. The van der Waals surface area contributed by atoms with Crippen molar-refractivity contribution in [1.29, 1.82) is 0 Å². The molecule has 0 saturated carbocycles. The third-order valence-corrected chi connectivity index (χ3v) is 15.1. The van der Waals surface area contributed by atoms with Crippen molar-refractivity contribution in [3.05, 3.63) is 118 Å². The Balaban J connectivity index is 1.60. The maximum absolute atomic E-state index is 14.9. The Hall–Kier alpha value is -7.19. The first-order valence-electron chi connectivity index (χ1n) is 25.5. The summed E-state index contributed by atoms with van der Waals surface area (Å²) in [6, 6.07) is 13.4. The average molecular weight is 1120 g/mol. The molecule has 420 valence electrons. The first-order chi connectivity index (χ1) is 37.5. The maximum Gasteiger partial charge on any atom is 0.245 e. The summed E-state index contributed by atoms with van der Waals surface area (Å²) >= 11 is 0. The largest absolute Gasteiger partial charge is 0.394 e. The predicted molar refractivity (Wildman–Crippen MR) is 295 cm³/mol. The lowest BCUT2D eigenvalue weighted by molar-refractivity contribution is -0.136. The smallest absolute Gasteiger partial charge is 0.245 e. The number of azide groups is 1. The first kappa shape index (κ1) is 61.7. The number of aliphatic hydroxyl groups is 3. The molecule has 1 aliphatic rings. The molecule has 26 heteroatoms. The third kappa shape index (κ3) is 19.4. The van der Waals surface area contributed by atoms with E-state index in [0.29, 0.717) is 29.5 Å². The van der Waals surface area contributed by atoms with Crippen LogP contribution in [0.2, 0.25) is 0 Å². The molecule has 2 heterocycles. The van der Waals surface area contributed by atoms with E-state index in [-0.39, 0.29) is 56.7 Å². The van der Waals surface area contributed by atoms with Crippen molar-refractivity contribution >= 4 is 79.7 Å². The van der Waals surface area contributed by atoms with Gasteiger partial charge in [-0.15, -0.1) is 0 Å². The molecule has 14 N–H and O–H groups in total. The number of amides is 8. The molecule has 1 saturated heterocycles. The fourth-order valence-electron chi connectivity index (χ4n) is 8.28. The van der Waals surface area contributed by atoms with Gasteiger partial charge in [0.15, 0.2) is 0 Å². The van der Waals surface area contributed by atoms with Gasteiger partial charge in [-0.2, -0.15) is 0 Å². The molecule has 5 rings (SSSR count). The number of nitrogens with zero attached hydrogens (tertiary/aromatic N) is 3. The zero-order valence-corrected chi connectivity index (χ0v) is 44.9. The number of para-hydroxylation sites is 1. The number of unbranched alkanes of at least 4 members (excludes halogenated alkanes) is 1. The lowest BCUT2D eigenvalue weighted by Gasteiger charge is -2.29. The summed E-state index contributed by atoms with van der Waals surface area (Å²) in [6.07, 6.45) is -0.877. The van der Waals surface area contributed by atoms with Gasteiger partial charge in [0.1, 0.15) is 42.3 Å².